The van der Waals surface area contributed by atoms with Crippen LogP contribution in [0.1, 0.15) is 17.2 Å². The first-order valence-corrected chi connectivity index (χ1v) is 7.01. The first-order chi connectivity index (χ1) is 9.72. The Bertz CT molecular complexity index is 752. The van der Waals surface area contributed by atoms with Gasteiger partial charge < -0.3 is 5.32 Å². The van der Waals surface area contributed by atoms with Gasteiger partial charge in [0.05, 0.1) is 27.8 Å². The first-order valence-electron chi connectivity index (χ1n) is 6.26. The van der Waals surface area contributed by atoms with Gasteiger partial charge in [-0.1, -0.05) is 41.4 Å². The van der Waals surface area contributed by atoms with Gasteiger partial charge in [-0.05, 0) is 30.8 Å². The van der Waals surface area contributed by atoms with E-state index in [1.54, 1.807) is 6.07 Å². The number of nitrogens with zero attached hydrogens (tertiary/aromatic N) is 2. The molecule has 0 radical (unpaired) electrons. The van der Waals surface area contributed by atoms with E-state index in [2.05, 4.69) is 10.4 Å². The van der Waals surface area contributed by atoms with E-state index in [-0.39, 0.29) is 6.04 Å². The Labute approximate surface area is 127 Å². The van der Waals surface area contributed by atoms with Gasteiger partial charge in [0, 0.05) is 11.8 Å². The third-order valence-corrected chi connectivity index (χ3v) is 4.18. The zero-order valence-electron chi connectivity index (χ0n) is 10.8. The van der Waals surface area contributed by atoms with E-state index in [4.69, 9.17) is 23.2 Å². The van der Waals surface area contributed by atoms with Crippen LogP contribution >= 0.6 is 23.2 Å². The highest BCUT2D eigenvalue weighted by atomic mass is 35.5. The summed E-state index contributed by atoms with van der Waals surface area (Å²) in [5.74, 6) is 0. The minimum Gasteiger partial charge on any atom is -0.309 e. The quantitative estimate of drug-likeness (QED) is 0.794. The highest BCUT2D eigenvalue weighted by Crippen LogP contribution is 2.34. The van der Waals surface area contributed by atoms with Crippen molar-refractivity contribution in [2.24, 2.45) is 0 Å². The van der Waals surface area contributed by atoms with Gasteiger partial charge in [-0.25, -0.2) is 4.52 Å². The Morgan fingerprint density at radius 1 is 1.10 bits per heavy atom. The zero-order valence-corrected chi connectivity index (χ0v) is 12.4. The van der Waals surface area contributed by atoms with Crippen LogP contribution in [0.25, 0.3) is 5.52 Å². The van der Waals surface area contributed by atoms with Gasteiger partial charge in [-0.2, -0.15) is 5.10 Å². The SMILES string of the molecule is CNC(c1cccc(Cl)c1Cl)c1cnn2ccccc12. The molecule has 1 unspecified atom stereocenters. The van der Waals surface area contributed by atoms with Gasteiger partial charge >= 0.3 is 0 Å². The summed E-state index contributed by atoms with van der Waals surface area (Å²) in [6, 6.07) is 11.6. The molecule has 3 rings (SSSR count). The largest absolute Gasteiger partial charge is 0.309 e. The van der Waals surface area contributed by atoms with Crippen molar-refractivity contribution in [2.45, 2.75) is 6.04 Å². The average molecular weight is 306 g/mol. The van der Waals surface area contributed by atoms with Crippen molar-refractivity contribution >= 4 is 28.7 Å². The third-order valence-electron chi connectivity index (χ3n) is 3.35. The summed E-state index contributed by atoms with van der Waals surface area (Å²) in [6.07, 6.45) is 3.78. The summed E-state index contributed by atoms with van der Waals surface area (Å²) in [5, 5.41) is 8.78. The van der Waals surface area contributed by atoms with Crippen LogP contribution in [-0.4, -0.2) is 16.7 Å². The molecule has 0 aliphatic rings. The fourth-order valence-corrected chi connectivity index (χ4v) is 2.82. The number of hydrogen-bond acceptors (Lipinski definition) is 2. The van der Waals surface area contributed by atoms with E-state index >= 15 is 0 Å². The molecule has 3 nitrogen and oxygen atoms in total. The Hall–Kier alpha value is -1.55. The Balaban J connectivity index is 2.17. The van der Waals surface area contributed by atoms with E-state index in [1.807, 2.05) is 54.3 Å². The highest BCUT2D eigenvalue weighted by Gasteiger charge is 2.20. The number of hydrogen-bond donors (Lipinski definition) is 1. The Morgan fingerprint density at radius 2 is 1.95 bits per heavy atom. The molecular weight excluding hydrogens is 293 g/mol. The van der Waals surface area contributed by atoms with E-state index < -0.39 is 0 Å². The monoisotopic (exact) mass is 305 g/mol. The molecular formula is C15H13Cl2N3. The van der Waals surface area contributed by atoms with E-state index in [0.717, 1.165) is 16.6 Å². The molecule has 0 bridgehead atoms. The van der Waals surface area contributed by atoms with E-state index in [0.29, 0.717) is 10.0 Å². The molecule has 0 spiro atoms. The molecule has 0 aliphatic heterocycles. The first kappa shape index (κ1) is 13.4. The molecule has 2 heterocycles. The van der Waals surface area contributed by atoms with Gasteiger partial charge in [0.2, 0.25) is 0 Å². The number of halogens is 2. The summed E-state index contributed by atoms with van der Waals surface area (Å²) in [4.78, 5) is 0. The normalized spacial score (nSPS) is 12.8. The Morgan fingerprint density at radius 3 is 2.75 bits per heavy atom. The van der Waals surface area contributed by atoms with Gasteiger partial charge in [-0.3, -0.25) is 0 Å². The second-order valence-electron chi connectivity index (χ2n) is 4.50. The van der Waals surface area contributed by atoms with Crippen molar-refractivity contribution in [2.75, 3.05) is 7.05 Å². The Kier molecular flexibility index (Phi) is 3.66. The molecule has 1 aromatic carbocycles. The predicted molar refractivity (Wildman–Crippen MR) is 82.6 cm³/mol. The van der Waals surface area contributed by atoms with Crippen LogP contribution < -0.4 is 5.32 Å². The van der Waals surface area contributed by atoms with Crippen LogP contribution in [0.3, 0.4) is 0 Å². The summed E-state index contributed by atoms with van der Waals surface area (Å²) in [7, 11) is 1.90. The minimum absolute atomic E-state index is 0.0545. The molecule has 20 heavy (non-hydrogen) atoms. The minimum atomic E-state index is -0.0545. The van der Waals surface area contributed by atoms with Crippen molar-refractivity contribution < 1.29 is 0 Å². The van der Waals surface area contributed by atoms with Gasteiger partial charge in [0.15, 0.2) is 0 Å². The summed E-state index contributed by atoms with van der Waals surface area (Å²) >= 11 is 12.4. The second-order valence-corrected chi connectivity index (χ2v) is 5.28. The van der Waals surface area contributed by atoms with Gasteiger partial charge in [-0.15, -0.1) is 0 Å². The number of pyridine rings is 1. The predicted octanol–water partition coefficient (Wildman–Crippen LogP) is 3.95. The molecule has 5 heteroatoms. The fourth-order valence-electron chi connectivity index (χ4n) is 2.40. The van der Waals surface area contributed by atoms with Crippen LogP contribution in [0.5, 0.6) is 0 Å². The number of nitrogens with one attached hydrogen (secondary N) is 1. The summed E-state index contributed by atoms with van der Waals surface area (Å²) in [5.41, 5.74) is 3.06. The van der Waals surface area contributed by atoms with Crippen LogP contribution in [0.15, 0.2) is 48.8 Å². The van der Waals surface area contributed by atoms with Crippen molar-refractivity contribution in [1.82, 2.24) is 14.9 Å². The number of aromatic nitrogens is 2. The van der Waals surface area contributed by atoms with Crippen molar-refractivity contribution in [1.29, 1.82) is 0 Å². The van der Waals surface area contributed by atoms with Crippen LogP contribution in [0.2, 0.25) is 10.0 Å². The maximum Gasteiger partial charge on any atom is 0.0712 e. The number of rotatable bonds is 3. The standard InChI is InChI=1S/C15H13Cl2N3/c1-18-15(10-5-4-6-12(16)14(10)17)11-9-19-20-8-3-2-7-13(11)20/h2-9,15,18H,1H3. The summed E-state index contributed by atoms with van der Waals surface area (Å²) < 4.78 is 1.85. The van der Waals surface area contributed by atoms with Crippen molar-refractivity contribution in [3.63, 3.8) is 0 Å². The van der Waals surface area contributed by atoms with Crippen molar-refractivity contribution in [3.05, 3.63) is 70.0 Å². The van der Waals surface area contributed by atoms with E-state index in [9.17, 15) is 0 Å². The molecule has 1 atom stereocenters. The van der Waals surface area contributed by atoms with Gasteiger partial charge in [0.1, 0.15) is 0 Å². The number of benzene rings is 1. The molecule has 0 saturated carbocycles. The summed E-state index contributed by atoms with van der Waals surface area (Å²) in [6.45, 7) is 0. The molecule has 102 valence electrons. The smallest absolute Gasteiger partial charge is 0.0712 e. The fraction of sp³-hybridized carbons (Fsp3) is 0.133. The van der Waals surface area contributed by atoms with E-state index in [1.165, 1.54) is 0 Å². The maximum atomic E-state index is 6.34. The van der Waals surface area contributed by atoms with Crippen molar-refractivity contribution in [3.8, 4) is 0 Å². The molecule has 3 aromatic rings. The average Bonchev–Trinajstić information content (AvgIpc) is 2.88. The molecule has 0 fully saturated rings. The van der Waals surface area contributed by atoms with Crippen LogP contribution in [0, 0.1) is 0 Å². The number of fused-ring (bicyclic) bond motifs is 1. The second kappa shape index (κ2) is 5.44. The lowest BCUT2D eigenvalue weighted by atomic mass is 10.00. The van der Waals surface area contributed by atoms with Crippen LogP contribution in [0.4, 0.5) is 0 Å². The van der Waals surface area contributed by atoms with Crippen LogP contribution in [-0.2, 0) is 0 Å². The van der Waals surface area contributed by atoms with Gasteiger partial charge in [0.25, 0.3) is 0 Å². The highest BCUT2D eigenvalue weighted by molar-refractivity contribution is 6.42. The molecule has 0 saturated heterocycles. The molecule has 0 amide bonds. The maximum absolute atomic E-state index is 6.34. The lowest BCUT2D eigenvalue weighted by Gasteiger charge is -2.17. The molecule has 1 N–H and O–H groups in total. The zero-order chi connectivity index (χ0) is 14.1. The molecule has 0 aliphatic carbocycles. The lowest BCUT2D eigenvalue weighted by molar-refractivity contribution is 0.697. The topological polar surface area (TPSA) is 29.3 Å². The lowest BCUT2D eigenvalue weighted by Crippen LogP contribution is -2.18. The third kappa shape index (κ3) is 2.18. The molecule has 2 aromatic heterocycles.